The quantitative estimate of drug-likeness (QED) is 0.314. The maximum absolute atomic E-state index is 12.6. The van der Waals surface area contributed by atoms with Gasteiger partial charge in [-0.25, -0.2) is 34.2 Å². The van der Waals surface area contributed by atoms with Crippen LogP contribution in [0.5, 0.6) is 11.5 Å². The molecule has 42 heavy (non-hydrogen) atoms. The number of carbonyl (C=O) groups is 1. The van der Waals surface area contributed by atoms with Gasteiger partial charge in [-0.15, -0.1) is 0 Å². The number of hydrogen-bond acceptors (Lipinski definition) is 11. The largest absolute Gasteiger partial charge is 0.457 e. The number of aromatic nitrogens is 7. The summed E-state index contributed by atoms with van der Waals surface area (Å²) in [5.74, 6) is 2.52. The van der Waals surface area contributed by atoms with Gasteiger partial charge >= 0.3 is 6.09 Å². The molecule has 1 amide bonds. The zero-order valence-corrected chi connectivity index (χ0v) is 24.1. The Kier molecular flexibility index (Phi) is 6.93. The van der Waals surface area contributed by atoms with Gasteiger partial charge in [0, 0.05) is 43.6 Å². The first-order valence-electron chi connectivity index (χ1n) is 13.7. The molecule has 5 aromatic rings. The fourth-order valence-corrected chi connectivity index (χ4v) is 4.79. The molecule has 1 atom stereocenters. The van der Waals surface area contributed by atoms with Crippen molar-refractivity contribution >= 4 is 40.2 Å². The summed E-state index contributed by atoms with van der Waals surface area (Å²) in [4.78, 5) is 38.9. The van der Waals surface area contributed by atoms with Crippen LogP contribution in [-0.4, -0.2) is 76.8 Å². The van der Waals surface area contributed by atoms with Gasteiger partial charge in [-0.3, -0.25) is 0 Å². The summed E-state index contributed by atoms with van der Waals surface area (Å²) < 4.78 is 13.3. The number of hydrogen-bond donors (Lipinski definition) is 1. The van der Waals surface area contributed by atoms with Crippen molar-refractivity contribution < 1.29 is 14.3 Å². The van der Waals surface area contributed by atoms with Crippen molar-refractivity contribution in [3.8, 4) is 11.5 Å². The van der Waals surface area contributed by atoms with Crippen LogP contribution in [0.2, 0.25) is 0 Å². The predicted molar refractivity (Wildman–Crippen MR) is 157 cm³/mol. The Hall–Kier alpha value is -5.07. The first kappa shape index (κ1) is 27.1. The standard InChI is InChI=1S/C29H32N10O3/c1-18-12-20(6-7-23(18)41-21-8-9-39-24(13-21)32-17-34-39)35-26-25-22(31-16-33-26)14-30-27(36-25)38-11-10-37(15-19(38)2)28(40)42-29(3,4)5/h6-9,12-14,16-17,19H,10-11,15H2,1-5H3,(H,31,33,35)/t19-/m1/s1. The Bertz CT molecular complexity index is 1770. The zero-order chi connectivity index (χ0) is 29.4. The number of benzene rings is 1. The first-order valence-corrected chi connectivity index (χ1v) is 13.7. The number of ether oxygens (including phenoxy) is 2. The third-order valence-electron chi connectivity index (χ3n) is 6.82. The molecule has 13 heteroatoms. The molecule has 0 spiro atoms. The monoisotopic (exact) mass is 568 g/mol. The minimum absolute atomic E-state index is 0.00887. The van der Waals surface area contributed by atoms with Crippen molar-refractivity contribution in [1.82, 2.24) is 39.4 Å². The molecule has 0 aliphatic carbocycles. The summed E-state index contributed by atoms with van der Waals surface area (Å²) in [6, 6.07) is 9.48. The Morgan fingerprint density at radius 1 is 1.05 bits per heavy atom. The van der Waals surface area contributed by atoms with Gasteiger partial charge < -0.3 is 24.6 Å². The molecule has 1 N–H and O–H groups in total. The lowest BCUT2D eigenvalue weighted by Gasteiger charge is -2.40. The first-order chi connectivity index (χ1) is 20.1. The van der Waals surface area contributed by atoms with Gasteiger partial charge in [-0.1, -0.05) is 0 Å². The van der Waals surface area contributed by atoms with E-state index in [0.717, 1.165) is 17.0 Å². The van der Waals surface area contributed by atoms with Crippen LogP contribution in [-0.2, 0) is 4.74 Å². The van der Waals surface area contributed by atoms with Gasteiger partial charge in [0.2, 0.25) is 5.95 Å². The second-order valence-electron chi connectivity index (χ2n) is 11.2. The molecule has 13 nitrogen and oxygen atoms in total. The van der Waals surface area contributed by atoms with Gasteiger partial charge in [-0.2, -0.15) is 5.10 Å². The number of aryl methyl sites for hydroxylation is 1. The second kappa shape index (κ2) is 10.7. The molecular weight excluding hydrogens is 536 g/mol. The van der Waals surface area contributed by atoms with Crippen molar-refractivity contribution in [3.63, 3.8) is 0 Å². The van der Waals surface area contributed by atoms with E-state index in [-0.39, 0.29) is 12.1 Å². The fraction of sp³-hybridized carbons (Fsp3) is 0.345. The van der Waals surface area contributed by atoms with E-state index in [4.69, 9.17) is 14.5 Å². The van der Waals surface area contributed by atoms with Gasteiger partial charge in [0.1, 0.15) is 40.8 Å². The lowest BCUT2D eigenvalue weighted by atomic mass is 10.2. The average Bonchev–Trinajstić information content (AvgIpc) is 3.42. The number of fused-ring (bicyclic) bond motifs is 2. The minimum Gasteiger partial charge on any atom is -0.457 e. The van der Waals surface area contributed by atoms with Crippen molar-refractivity contribution in [3.05, 3.63) is 60.9 Å². The highest BCUT2D eigenvalue weighted by atomic mass is 16.6. The third-order valence-corrected chi connectivity index (χ3v) is 6.82. The van der Waals surface area contributed by atoms with E-state index in [2.05, 4.69) is 35.3 Å². The number of piperazine rings is 1. The molecule has 1 aliphatic heterocycles. The highest BCUT2D eigenvalue weighted by Crippen LogP contribution is 2.30. The Balaban J connectivity index is 1.19. The minimum atomic E-state index is -0.540. The molecule has 0 saturated carbocycles. The molecule has 1 aromatic carbocycles. The van der Waals surface area contributed by atoms with Crippen LogP contribution in [0.3, 0.4) is 0 Å². The van der Waals surface area contributed by atoms with Crippen molar-refractivity contribution in [2.45, 2.75) is 46.3 Å². The van der Waals surface area contributed by atoms with Gasteiger partial charge in [0.05, 0.1) is 6.20 Å². The number of amides is 1. The van der Waals surface area contributed by atoms with Crippen LogP contribution < -0.4 is 15.0 Å². The number of rotatable bonds is 5. The van der Waals surface area contributed by atoms with Crippen LogP contribution in [0.1, 0.15) is 33.3 Å². The topological polar surface area (TPSA) is 136 Å². The highest BCUT2D eigenvalue weighted by molar-refractivity contribution is 5.87. The molecule has 4 aromatic heterocycles. The van der Waals surface area contributed by atoms with E-state index in [1.807, 2.05) is 65.0 Å². The summed E-state index contributed by atoms with van der Waals surface area (Å²) in [5, 5.41) is 7.49. The molecular formula is C29H32N10O3. The maximum atomic E-state index is 12.6. The predicted octanol–water partition coefficient (Wildman–Crippen LogP) is 4.75. The lowest BCUT2D eigenvalue weighted by molar-refractivity contribution is 0.0218. The second-order valence-corrected chi connectivity index (χ2v) is 11.2. The van der Waals surface area contributed by atoms with E-state index in [1.54, 1.807) is 21.8 Å². The molecule has 216 valence electrons. The Labute approximate surface area is 242 Å². The maximum Gasteiger partial charge on any atom is 0.410 e. The van der Waals surface area contributed by atoms with Gasteiger partial charge in [-0.05, 0) is 64.4 Å². The van der Waals surface area contributed by atoms with Crippen LogP contribution in [0.4, 0.5) is 22.2 Å². The molecule has 0 radical (unpaired) electrons. The number of carbonyl (C=O) groups excluding carboxylic acids is 1. The zero-order valence-electron chi connectivity index (χ0n) is 24.1. The summed E-state index contributed by atoms with van der Waals surface area (Å²) in [5.41, 5.74) is 3.15. The van der Waals surface area contributed by atoms with E-state index >= 15 is 0 Å². The number of anilines is 3. The fourth-order valence-electron chi connectivity index (χ4n) is 4.79. The Morgan fingerprint density at radius 3 is 2.69 bits per heavy atom. The summed E-state index contributed by atoms with van der Waals surface area (Å²) in [6.45, 7) is 11.2. The molecule has 0 unspecified atom stereocenters. The summed E-state index contributed by atoms with van der Waals surface area (Å²) in [6.07, 6.45) is 6.19. The smallest absolute Gasteiger partial charge is 0.410 e. The number of nitrogens with zero attached hydrogens (tertiary/aromatic N) is 9. The number of pyridine rings is 1. The molecule has 0 bridgehead atoms. The van der Waals surface area contributed by atoms with Crippen LogP contribution in [0, 0.1) is 6.92 Å². The van der Waals surface area contributed by atoms with Crippen LogP contribution >= 0.6 is 0 Å². The lowest BCUT2D eigenvalue weighted by Crippen LogP contribution is -2.55. The van der Waals surface area contributed by atoms with E-state index in [1.165, 1.54) is 12.7 Å². The summed E-state index contributed by atoms with van der Waals surface area (Å²) in [7, 11) is 0. The third kappa shape index (κ3) is 5.71. The Morgan fingerprint density at radius 2 is 1.90 bits per heavy atom. The molecule has 5 heterocycles. The highest BCUT2D eigenvalue weighted by Gasteiger charge is 2.31. The molecule has 6 rings (SSSR count). The van der Waals surface area contributed by atoms with Crippen molar-refractivity contribution in [2.24, 2.45) is 0 Å². The van der Waals surface area contributed by atoms with E-state index in [0.29, 0.717) is 53.8 Å². The molecule has 1 fully saturated rings. The summed E-state index contributed by atoms with van der Waals surface area (Å²) >= 11 is 0. The molecule has 1 saturated heterocycles. The number of nitrogens with one attached hydrogen (secondary N) is 1. The van der Waals surface area contributed by atoms with Crippen LogP contribution in [0.15, 0.2) is 55.4 Å². The average molecular weight is 569 g/mol. The van der Waals surface area contributed by atoms with Gasteiger partial charge in [0.15, 0.2) is 11.5 Å². The van der Waals surface area contributed by atoms with Crippen molar-refractivity contribution in [1.29, 1.82) is 0 Å². The van der Waals surface area contributed by atoms with Crippen LogP contribution in [0.25, 0.3) is 16.7 Å². The molecule has 1 aliphatic rings. The van der Waals surface area contributed by atoms with E-state index in [9.17, 15) is 4.79 Å². The normalized spacial score (nSPS) is 15.7. The van der Waals surface area contributed by atoms with E-state index < -0.39 is 5.60 Å². The van der Waals surface area contributed by atoms with Gasteiger partial charge in [0.25, 0.3) is 0 Å². The van der Waals surface area contributed by atoms with Crippen molar-refractivity contribution in [2.75, 3.05) is 29.9 Å². The SMILES string of the molecule is Cc1cc(Nc2ncnc3cnc(N4CCN(C(=O)OC(C)(C)C)C[C@H]4C)nc23)ccc1Oc1ccn2ncnc2c1.